The maximum Gasteiger partial charge on any atom is 0.410 e. The lowest BCUT2D eigenvalue weighted by atomic mass is 9.85. The van der Waals surface area contributed by atoms with Crippen molar-refractivity contribution in [1.29, 1.82) is 0 Å². The first-order valence-corrected chi connectivity index (χ1v) is 13.6. The van der Waals surface area contributed by atoms with E-state index in [1.54, 1.807) is 11.1 Å². The maximum atomic E-state index is 13.9. The Labute approximate surface area is 222 Å². The van der Waals surface area contributed by atoms with Gasteiger partial charge in [0.1, 0.15) is 6.61 Å². The van der Waals surface area contributed by atoms with E-state index in [0.29, 0.717) is 24.9 Å². The fourth-order valence-electron chi connectivity index (χ4n) is 6.56. The van der Waals surface area contributed by atoms with Gasteiger partial charge >= 0.3 is 6.09 Å². The van der Waals surface area contributed by atoms with Gasteiger partial charge < -0.3 is 24.8 Å². The number of hydrogen-bond acceptors (Lipinski definition) is 5. The predicted octanol–water partition coefficient (Wildman–Crippen LogP) is 4.51. The molecule has 2 bridgehead atoms. The van der Waals surface area contributed by atoms with Crippen molar-refractivity contribution in [2.75, 3.05) is 18.4 Å². The predicted molar refractivity (Wildman–Crippen MR) is 146 cm³/mol. The Hall–Kier alpha value is -3.81. The van der Waals surface area contributed by atoms with Gasteiger partial charge in [-0.3, -0.25) is 9.59 Å². The molecule has 3 aliphatic heterocycles. The first kappa shape index (κ1) is 24.5. The minimum Gasteiger partial charge on any atom is -0.445 e. The SMILES string of the molecule is C[C@@]1(C(=O)N2[C@@H]3CC[C@H]2CC(Nc2ccc4c(=O)[nH]ccc4c2)C3)CCN(C(=O)OCc2ccccc2)C1. The number of carbonyl (C=O) groups is 2. The van der Waals surface area contributed by atoms with Gasteiger partial charge in [-0.2, -0.15) is 0 Å². The van der Waals surface area contributed by atoms with Crippen LogP contribution in [0.5, 0.6) is 0 Å². The Balaban J connectivity index is 1.07. The van der Waals surface area contributed by atoms with E-state index in [9.17, 15) is 14.4 Å². The normalized spacial score (nSPS) is 26.5. The van der Waals surface area contributed by atoms with Crippen LogP contribution in [-0.2, 0) is 16.1 Å². The van der Waals surface area contributed by atoms with Gasteiger partial charge in [-0.15, -0.1) is 0 Å². The van der Waals surface area contributed by atoms with E-state index in [1.165, 1.54) is 0 Å². The molecule has 1 unspecified atom stereocenters. The second-order valence-corrected chi connectivity index (χ2v) is 11.3. The lowest BCUT2D eigenvalue weighted by molar-refractivity contribution is -0.145. The summed E-state index contributed by atoms with van der Waals surface area (Å²) < 4.78 is 5.52. The number of aromatic nitrogens is 1. The molecule has 8 heteroatoms. The molecule has 0 radical (unpaired) electrons. The molecule has 2 amide bonds. The second-order valence-electron chi connectivity index (χ2n) is 11.3. The van der Waals surface area contributed by atoms with Gasteiger partial charge in [0.2, 0.25) is 5.91 Å². The summed E-state index contributed by atoms with van der Waals surface area (Å²) in [6.45, 7) is 3.17. The minimum absolute atomic E-state index is 0.0812. The molecule has 6 rings (SSSR count). The number of benzene rings is 2. The molecule has 3 aromatic rings. The van der Waals surface area contributed by atoms with Crippen molar-refractivity contribution in [3.8, 4) is 0 Å². The third-order valence-corrected chi connectivity index (χ3v) is 8.56. The van der Waals surface area contributed by atoms with Crippen molar-refractivity contribution >= 4 is 28.5 Å². The third kappa shape index (κ3) is 4.64. The van der Waals surface area contributed by atoms with Crippen LogP contribution >= 0.6 is 0 Å². The molecular formula is C30H34N4O4. The van der Waals surface area contributed by atoms with Crippen LogP contribution in [0.25, 0.3) is 10.8 Å². The molecule has 2 aromatic carbocycles. The Morgan fingerprint density at radius 1 is 1.08 bits per heavy atom. The Morgan fingerprint density at radius 2 is 1.84 bits per heavy atom. The smallest absolute Gasteiger partial charge is 0.410 e. The zero-order valence-corrected chi connectivity index (χ0v) is 21.7. The van der Waals surface area contributed by atoms with Gasteiger partial charge in [-0.25, -0.2) is 4.79 Å². The number of carbonyl (C=O) groups excluding carboxylic acids is 2. The lowest BCUT2D eigenvalue weighted by Crippen LogP contribution is -2.54. The Kier molecular flexibility index (Phi) is 6.33. The minimum atomic E-state index is -0.585. The number of piperidine rings is 1. The molecule has 3 fully saturated rings. The average Bonchev–Trinajstić information content (AvgIpc) is 3.45. The molecule has 4 heterocycles. The Morgan fingerprint density at radius 3 is 2.61 bits per heavy atom. The molecule has 0 spiro atoms. The van der Waals surface area contributed by atoms with Crippen molar-refractivity contribution in [2.24, 2.45) is 5.41 Å². The highest BCUT2D eigenvalue weighted by Gasteiger charge is 2.51. The number of nitrogens with zero attached hydrogens (tertiary/aromatic N) is 2. The van der Waals surface area contributed by atoms with E-state index in [-0.39, 0.29) is 42.3 Å². The van der Waals surface area contributed by atoms with E-state index in [4.69, 9.17) is 4.74 Å². The standard InChI is InChI=1S/C30H34N4O4/c1-30(12-14-33(19-30)29(37)38-18-20-5-3-2-4-6-20)28(36)34-24-8-9-25(34)17-23(16-24)32-22-7-10-26-21(15-22)11-13-31-27(26)35/h2-7,10-11,13,15,23-25,32H,8-9,12,14,16-19H2,1H3,(H,31,35)/t23?,24-,25+,30-/m1/s1. The van der Waals surface area contributed by atoms with Gasteiger partial charge in [-0.1, -0.05) is 30.3 Å². The van der Waals surface area contributed by atoms with Crippen molar-refractivity contribution in [2.45, 2.75) is 63.8 Å². The van der Waals surface area contributed by atoms with Gasteiger partial charge in [0.15, 0.2) is 0 Å². The molecule has 198 valence electrons. The summed E-state index contributed by atoms with van der Waals surface area (Å²) in [5, 5.41) is 5.26. The molecule has 2 N–H and O–H groups in total. The first-order chi connectivity index (χ1) is 18.4. The molecule has 8 nitrogen and oxygen atoms in total. The van der Waals surface area contributed by atoms with Crippen LogP contribution in [0.15, 0.2) is 65.6 Å². The van der Waals surface area contributed by atoms with Crippen LogP contribution in [0, 0.1) is 5.41 Å². The molecule has 3 aliphatic rings. The highest BCUT2D eigenvalue weighted by Crippen LogP contribution is 2.42. The highest BCUT2D eigenvalue weighted by atomic mass is 16.6. The van der Waals surface area contributed by atoms with Crippen LogP contribution in [0.1, 0.15) is 44.6 Å². The van der Waals surface area contributed by atoms with E-state index in [2.05, 4.69) is 15.2 Å². The number of fused-ring (bicyclic) bond motifs is 3. The number of aromatic amines is 1. The van der Waals surface area contributed by atoms with Gasteiger partial charge in [0, 0.05) is 48.5 Å². The molecule has 1 aromatic heterocycles. The number of anilines is 1. The number of rotatable bonds is 5. The first-order valence-electron chi connectivity index (χ1n) is 13.6. The van der Waals surface area contributed by atoms with E-state index in [0.717, 1.165) is 42.3 Å². The fraction of sp³-hybridized carbons (Fsp3) is 0.433. The molecule has 4 atom stereocenters. The largest absolute Gasteiger partial charge is 0.445 e. The van der Waals surface area contributed by atoms with Crippen LogP contribution in [0.4, 0.5) is 10.5 Å². The summed E-state index contributed by atoms with van der Waals surface area (Å²) in [5.41, 5.74) is 1.28. The van der Waals surface area contributed by atoms with Gasteiger partial charge in [0.25, 0.3) is 5.56 Å². The number of nitrogens with one attached hydrogen (secondary N) is 2. The highest BCUT2D eigenvalue weighted by molar-refractivity contribution is 5.86. The zero-order valence-electron chi connectivity index (χ0n) is 21.7. The van der Waals surface area contributed by atoms with Gasteiger partial charge in [0.05, 0.1) is 5.41 Å². The number of likely N-dealkylation sites (tertiary alicyclic amines) is 1. The van der Waals surface area contributed by atoms with Crippen molar-refractivity contribution in [3.05, 3.63) is 76.7 Å². The maximum absolute atomic E-state index is 13.9. The summed E-state index contributed by atoms with van der Waals surface area (Å²) in [6, 6.07) is 18.1. The molecule has 0 saturated carbocycles. The van der Waals surface area contributed by atoms with Crippen LogP contribution in [-0.4, -0.2) is 58.0 Å². The second kappa shape index (κ2) is 9.82. The van der Waals surface area contributed by atoms with Gasteiger partial charge in [-0.05, 0) is 74.2 Å². The van der Waals surface area contributed by atoms with Crippen LogP contribution in [0.2, 0.25) is 0 Å². The van der Waals surface area contributed by atoms with Crippen LogP contribution in [0.3, 0.4) is 0 Å². The Bertz CT molecular complexity index is 1390. The van der Waals surface area contributed by atoms with Crippen molar-refractivity contribution < 1.29 is 14.3 Å². The lowest BCUT2D eigenvalue weighted by Gasteiger charge is -2.43. The van der Waals surface area contributed by atoms with E-state index in [1.807, 2.05) is 61.5 Å². The van der Waals surface area contributed by atoms with Crippen molar-refractivity contribution in [1.82, 2.24) is 14.8 Å². The monoisotopic (exact) mass is 514 g/mol. The summed E-state index contributed by atoms with van der Waals surface area (Å²) >= 11 is 0. The number of ether oxygens (including phenoxy) is 1. The van der Waals surface area contributed by atoms with Crippen molar-refractivity contribution in [3.63, 3.8) is 0 Å². The summed E-state index contributed by atoms with van der Waals surface area (Å²) in [5.74, 6) is 0.173. The fourth-order valence-corrected chi connectivity index (χ4v) is 6.56. The third-order valence-electron chi connectivity index (χ3n) is 8.56. The topological polar surface area (TPSA) is 94.7 Å². The van der Waals surface area contributed by atoms with E-state index >= 15 is 0 Å². The summed E-state index contributed by atoms with van der Waals surface area (Å²) in [6.07, 6.45) is 5.80. The molecule has 0 aliphatic carbocycles. The summed E-state index contributed by atoms with van der Waals surface area (Å²) in [4.78, 5) is 45.1. The van der Waals surface area contributed by atoms with E-state index < -0.39 is 5.41 Å². The number of H-pyrrole nitrogens is 1. The molecule has 38 heavy (non-hydrogen) atoms. The summed E-state index contributed by atoms with van der Waals surface area (Å²) in [7, 11) is 0. The quantitative estimate of drug-likeness (QED) is 0.523. The number of hydrogen-bond donors (Lipinski definition) is 2. The van der Waals surface area contributed by atoms with Crippen LogP contribution < -0.4 is 10.9 Å². The number of pyridine rings is 1. The molecular weight excluding hydrogens is 480 g/mol. The average molecular weight is 515 g/mol. The zero-order chi connectivity index (χ0) is 26.3. The number of amides is 2. The molecule has 3 saturated heterocycles.